The standard InChI is InChI=1S/C9H16N2O3/c1-5-3-4-7(14-5)9(13)11-6(2)8(10)12/h5-7H,3-4H2,1-2H3,(H2,10,12)(H,11,13)/t5?,6-,7?/m1/s1. The lowest BCUT2D eigenvalue weighted by atomic mass is 10.2. The zero-order chi connectivity index (χ0) is 10.7. The molecular weight excluding hydrogens is 184 g/mol. The number of amides is 2. The second-order valence-corrected chi connectivity index (χ2v) is 3.65. The van der Waals surface area contributed by atoms with Crippen molar-refractivity contribution < 1.29 is 14.3 Å². The molecule has 1 heterocycles. The monoisotopic (exact) mass is 200 g/mol. The van der Waals surface area contributed by atoms with Crippen molar-refractivity contribution in [3.63, 3.8) is 0 Å². The highest BCUT2D eigenvalue weighted by Crippen LogP contribution is 2.18. The molecule has 1 saturated heterocycles. The molecule has 0 radical (unpaired) electrons. The SMILES string of the molecule is CC1CCC(C(=O)N[C@H](C)C(N)=O)O1. The van der Waals surface area contributed by atoms with E-state index in [2.05, 4.69) is 5.32 Å². The number of nitrogens with one attached hydrogen (secondary N) is 1. The number of primary amides is 1. The van der Waals surface area contributed by atoms with Crippen LogP contribution in [-0.2, 0) is 14.3 Å². The third-order valence-corrected chi connectivity index (χ3v) is 2.31. The largest absolute Gasteiger partial charge is 0.368 e. The second kappa shape index (κ2) is 4.41. The summed E-state index contributed by atoms with van der Waals surface area (Å²) in [6.45, 7) is 3.48. The van der Waals surface area contributed by atoms with Gasteiger partial charge < -0.3 is 15.8 Å². The normalized spacial score (nSPS) is 28.4. The van der Waals surface area contributed by atoms with Crippen molar-refractivity contribution in [2.24, 2.45) is 5.73 Å². The van der Waals surface area contributed by atoms with E-state index >= 15 is 0 Å². The van der Waals surface area contributed by atoms with Gasteiger partial charge in [0, 0.05) is 0 Å². The molecule has 0 saturated carbocycles. The van der Waals surface area contributed by atoms with Crippen LogP contribution in [0.1, 0.15) is 26.7 Å². The summed E-state index contributed by atoms with van der Waals surface area (Å²) in [7, 11) is 0. The van der Waals surface area contributed by atoms with Crippen LogP contribution in [0.5, 0.6) is 0 Å². The van der Waals surface area contributed by atoms with Gasteiger partial charge in [0.2, 0.25) is 11.8 Å². The van der Waals surface area contributed by atoms with Gasteiger partial charge in [-0.15, -0.1) is 0 Å². The van der Waals surface area contributed by atoms with Crippen molar-refractivity contribution in [1.82, 2.24) is 5.32 Å². The smallest absolute Gasteiger partial charge is 0.249 e. The number of hydrogen-bond donors (Lipinski definition) is 2. The number of rotatable bonds is 3. The van der Waals surface area contributed by atoms with Gasteiger partial charge in [-0.2, -0.15) is 0 Å². The zero-order valence-corrected chi connectivity index (χ0v) is 8.45. The van der Waals surface area contributed by atoms with E-state index in [0.717, 1.165) is 6.42 Å². The first-order chi connectivity index (χ1) is 6.50. The molecule has 3 N–H and O–H groups in total. The Hall–Kier alpha value is -1.10. The number of carbonyl (C=O) groups is 2. The highest BCUT2D eigenvalue weighted by molar-refractivity contribution is 5.88. The number of carbonyl (C=O) groups excluding carboxylic acids is 2. The quantitative estimate of drug-likeness (QED) is 0.647. The van der Waals surface area contributed by atoms with Crippen LogP contribution in [0.2, 0.25) is 0 Å². The van der Waals surface area contributed by atoms with Gasteiger partial charge in [0.1, 0.15) is 12.1 Å². The van der Waals surface area contributed by atoms with E-state index in [-0.39, 0.29) is 12.0 Å². The van der Waals surface area contributed by atoms with Gasteiger partial charge in [-0.1, -0.05) is 0 Å². The van der Waals surface area contributed by atoms with E-state index in [9.17, 15) is 9.59 Å². The Morgan fingerprint density at radius 2 is 2.14 bits per heavy atom. The Bertz CT molecular complexity index is 242. The zero-order valence-electron chi connectivity index (χ0n) is 8.45. The Kier molecular flexibility index (Phi) is 3.46. The van der Waals surface area contributed by atoms with E-state index in [1.807, 2.05) is 6.92 Å². The van der Waals surface area contributed by atoms with E-state index in [1.54, 1.807) is 6.92 Å². The molecule has 80 valence electrons. The molecular formula is C9H16N2O3. The predicted octanol–water partition coefficient (Wildman–Crippen LogP) is -0.456. The van der Waals surface area contributed by atoms with Crippen molar-refractivity contribution in [2.45, 2.75) is 44.9 Å². The minimum atomic E-state index is -0.637. The van der Waals surface area contributed by atoms with E-state index in [0.29, 0.717) is 6.42 Å². The van der Waals surface area contributed by atoms with Crippen LogP contribution in [0, 0.1) is 0 Å². The average molecular weight is 200 g/mol. The van der Waals surface area contributed by atoms with Gasteiger partial charge in [-0.3, -0.25) is 9.59 Å². The molecule has 14 heavy (non-hydrogen) atoms. The van der Waals surface area contributed by atoms with Gasteiger partial charge in [0.25, 0.3) is 0 Å². The summed E-state index contributed by atoms with van der Waals surface area (Å²) in [4.78, 5) is 22.1. The Labute approximate surface area is 83.0 Å². The van der Waals surface area contributed by atoms with Gasteiger partial charge >= 0.3 is 0 Å². The summed E-state index contributed by atoms with van der Waals surface area (Å²) in [6, 6.07) is -0.637. The third kappa shape index (κ3) is 2.70. The van der Waals surface area contributed by atoms with Crippen LogP contribution < -0.4 is 11.1 Å². The van der Waals surface area contributed by atoms with Crippen LogP contribution in [0.4, 0.5) is 0 Å². The number of nitrogens with two attached hydrogens (primary N) is 1. The lowest BCUT2D eigenvalue weighted by Gasteiger charge is -2.14. The summed E-state index contributed by atoms with van der Waals surface area (Å²) < 4.78 is 5.34. The molecule has 0 aromatic carbocycles. The van der Waals surface area contributed by atoms with Crippen molar-refractivity contribution in [1.29, 1.82) is 0 Å². The fourth-order valence-electron chi connectivity index (χ4n) is 1.37. The molecule has 1 aliphatic rings. The summed E-state index contributed by atoms with van der Waals surface area (Å²) in [6.07, 6.45) is 1.28. The van der Waals surface area contributed by atoms with Gasteiger partial charge in [-0.05, 0) is 26.7 Å². The molecule has 0 aliphatic carbocycles. The van der Waals surface area contributed by atoms with E-state index < -0.39 is 18.1 Å². The van der Waals surface area contributed by atoms with Crippen LogP contribution in [-0.4, -0.2) is 30.1 Å². The molecule has 1 fully saturated rings. The minimum absolute atomic E-state index is 0.120. The molecule has 2 unspecified atom stereocenters. The molecule has 0 aromatic heterocycles. The van der Waals surface area contributed by atoms with Crippen LogP contribution in [0.3, 0.4) is 0 Å². The molecule has 0 spiro atoms. The Morgan fingerprint density at radius 1 is 1.50 bits per heavy atom. The predicted molar refractivity (Wildman–Crippen MR) is 50.4 cm³/mol. The first-order valence-corrected chi connectivity index (χ1v) is 4.76. The molecule has 0 aromatic rings. The average Bonchev–Trinajstić information content (AvgIpc) is 2.51. The third-order valence-electron chi connectivity index (χ3n) is 2.31. The Balaban J connectivity index is 2.39. The van der Waals surface area contributed by atoms with Crippen molar-refractivity contribution >= 4 is 11.8 Å². The van der Waals surface area contributed by atoms with Crippen molar-refractivity contribution in [2.75, 3.05) is 0 Å². The lowest BCUT2D eigenvalue weighted by molar-refractivity contribution is -0.134. The van der Waals surface area contributed by atoms with Gasteiger partial charge in [-0.25, -0.2) is 0 Å². The van der Waals surface area contributed by atoms with Gasteiger partial charge in [0.15, 0.2) is 0 Å². The molecule has 5 nitrogen and oxygen atoms in total. The lowest BCUT2D eigenvalue weighted by Crippen LogP contribution is -2.46. The van der Waals surface area contributed by atoms with Crippen LogP contribution in [0.15, 0.2) is 0 Å². The second-order valence-electron chi connectivity index (χ2n) is 3.65. The molecule has 5 heteroatoms. The Morgan fingerprint density at radius 3 is 2.57 bits per heavy atom. The highest BCUT2D eigenvalue weighted by atomic mass is 16.5. The van der Waals surface area contributed by atoms with Gasteiger partial charge in [0.05, 0.1) is 6.10 Å². The maximum absolute atomic E-state index is 11.5. The summed E-state index contributed by atoms with van der Waals surface area (Å²) in [5.41, 5.74) is 5.02. The van der Waals surface area contributed by atoms with Crippen LogP contribution in [0.25, 0.3) is 0 Å². The van der Waals surface area contributed by atoms with Crippen molar-refractivity contribution in [3.8, 4) is 0 Å². The minimum Gasteiger partial charge on any atom is -0.368 e. The number of hydrogen-bond acceptors (Lipinski definition) is 3. The van der Waals surface area contributed by atoms with Crippen LogP contribution >= 0.6 is 0 Å². The van der Waals surface area contributed by atoms with E-state index in [4.69, 9.17) is 10.5 Å². The summed E-state index contributed by atoms with van der Waals surface area (Å²) in [5, 5.41) is 2.50. The molecule has 3 atom stereocenters. The fraction of sp³-hybridized carbons (Fsp3) is 0.778. The molecule has 1 aliphatic heterocycles. The maximum Gasteiger partial charge on any atom is 0.249 e. The maximum atomic E-state index is 11.5. The molecule has 2 amide bonds. The summed E-state index contributed by atoms with van der Waals surface area (Å²) >= 11 is 0. The van der Waals surface area contributed by atoms with E-state index in [1.165, 1.54) is 0 Å². The first kappa shape index (κ1) is 11.0. The summed E-state index contributed by atoms with van der Waals surface area (Å²) in [5.74, 6) is -0.787. The topological polar surface area (TPSA) is 81.4 Å². The first-order valence-electron chi connectivity index (χ1n) is 4.76. The number of ether oxygens (including phenoxy) is 1. The highest BCUT2D eigenvalue weighted by Gasteiger charge is 2.29. The molecule has 1 rings (SSSR count). The molecule has 0 bridgehead atoms. The fourth-order valence-corrected chi connectivity index (χ4v) is 1.37. The van der Waals surface area contributed by atoms with Crippen molar-refractivity contribution in [3.05, 3.63) is 0 Å².